The first-order valence-electron chi connectivity index (χ1n) is 7.47. The highest BCUT2D eigenvalue weighted by molar-refractivity contribution is 5.36. The van der Waals surface area contributed by atoms with Gasteiger partial charge in [0.1, 0.15) is 23.7 Å². The maximum absolute atomic E-state index is 12.8. The van der Waals surface area contributed by atoms with Crippen LogP contribution in [0.2, 0.25) is 0 Å². The van der Waals surface area contributed by atoms with E-state index in [1.54, 1.807) is 6.07 Å². The van der Waals surface area contributed by atoms with Crippen molar-refractivity contribution in [3.63, 3.8) is 0 Å². The molecule has 1 saturated heterocycles. The number of alkyl halides is 3. The highest BCUT2D eigenvalue weighted by Crippen LogP contribution is 2.28. The third-order valence-corrected chi connectivity index (χ3v) is 3.65. The molecule has 3 rings (SSSR count). The van der Waals surface area contributed by atoms with Crippen molar-refractivity contribution < 1.29 is 17.9 Å². The maximum Gasteiger partial charge on any atom is 0.433 e. The summed E-state index contributed by atoms with van der Waals surface area (Å²) < 4.78 is 43.7. The molecule has 1 N–H and O–H groups in total. The monoisotopic (exact) mass is 339 g/mol. The van der Waals surface area contributed by atoms with Crippen molar-refractivity contribution in [2.75, 3.05) is 18.5 Å². The van der Waals surface area contributed by atoms with Crippen molar-refractivity contribution in [2.45, 2.75) is 32.0 Å². The first-order valence-corrected chi connectivity index (χ1v) is 7.47. The highest BCUT2D eigenvalue weighted by Gasteiger charge is 2.33. The summed E-state index contributed by atoms with van der Waals surface area (Å²) in [7, 11) is 0. The van der Waals surface area contributed by atoms with Crippen molar-refractivity contribution in [1.82, 2.24) is 19.9 Å². The summed E-state index contributed by atoms with van der Waals surface area (Å²) in [6, 6.07) is 2.70. The maximum atomic E-state index is 12.8. The fraction of sp³-hybridized carbons (Fsp3) is 0.467. The van der Waals surface area contributed by atoms with Crippen molar-refractivity contribution in [3.05, 3.63) is 41.4 Å². The van der Waals surface area contributed by atoms with E-state index in [4.69, 9.17) is 4.74 Å². The normalized spacial score (nSPS) is 17.9. The number of aromatic nitrogens is 4. The lowest BCUT2D eigenvalue weighted by molar-refractivity contribution is -0.141. The van der Waals surface area contributed by atoms with Crippen LogP contribution in [0.15, 0.2) is 18.5 Å². The summed E-state index contributed by atoms with van der Waals surface area (Å²) in [6.45, 7) is 2.87. The topological polar surface area (TPSA) is 72.8 Å². The summed E-state index contributed by atoms with van der Waals surface area (Å²) in [5.41, 5.74) is 0.171. The van der Waals surface area contributed by atoms with E-state index in [1.165, 1.54) is 13.3 Å². The van der Waals surface area contributed by atoms with Gasteiger partial charge in [0, 0.05) is 24.3 Å². The molecule has 0 bridgehead atoms. The van der Waals surface area contributed by atoms with Gasteiger partial charge < -0.3 is 10.1 Å². The minimum atomic E-state index is -4.49. The Morgan fingerprint density at radius 1 is 1.25 bits per heavy atom. The lowest BCUT2D eigenvalue weighted by atomic mass is 10.1. The summed E-state index contributed by atoms with van der Waals surface area (Å²) in [6.07, 6.45) is -2.17. The molecule has 9 heteroatoms. The fourth-order valence-corrected chi connectivity index (χ4v) is 2.48. The van der Waals surface area contributed by atoms with Crippen molar-refractivity contribution >= 4 is 5.82 Å². The number of hydrogen-bond donors (Lipinski definition) is 1. The molecule has 6 nitrogen and oxygen atoms in total. The van der Waals surface area contributed by atoms with E-state index in [0.29, 0.717) is 19.0 Å². The average Bonchev–Trinajstić information content (AvgIpc) is 3.06. The van der Waals surface area contributed by atoms with Crippen LogP contribution in [0.5, 0.6) is 0 Å². The smallest absolute Gasteiger partial charge is 0.381 e. The van der Waals surface area contributed by atoms with Gasteiger partial charge in [0.05, 0.1) is 18.8 Å². The zero-order chi connectivity index (χ0) is 17.2. The second-order valence-electron chi connectivity index (χ2n) is 5.55. The Kier molecular flexibility index (Phi) is 4.61. The third kappa shape index (κ3) is 3.97. The predicted octanol–water partition coefficient (Wildman–Crippen LogP) is 2.71. The van der Waals surface area contributed by atoms with E-state index in [9.17, 15) is 13.2 Å². The lowest BCUT2D eigenvalue weighted by Gasteiger charge is -2.11. The number of nitrogens with zero attached hydrogens (tertiary/aromatic N) is 4. The Bertz CT molecular complexity index is 716. The number of aryl methyl sites for hydroxylation is 1. The van der Waals surface area contributed by atoms with Crippen LogP contribution in [-0.2, 0) is 17.5 Å². The first-order chi connectivity index (χ1) is 11.4. The number of nitrogens with one attached hydrogen (secondary N) is 1. The summed E-state index contributed by atoms with van der Waals surface area (Å²) in [4.78, 5) is 15.9. The molecule has 24 heavy (non-hydrogen) atoms. The van der Waals surface area contributed by atoms with Crippen LogP contribution in [0.1, 0.15) is 35.2 Å². The first kappa shape index (κ1) is 16.6. The molecule has 0 amide bonds. The lowest BCUT2D eigenvalue weighted by Crippen LogP contribution is -2.14. The molecule has 1 aliphatic heterocycles. The number of ether oxygens (including phenoxy) is 1. The molecule has 3 heterocycles. The number of halogens is 3. The van der Waals surface area contributed by atoms with Gasteiger partial charge in [-0.3, -0.25) is 0 Å². The van der Waals surface area contributed by atoms with Gasteiger partial charge in [-0.15, -0.1) is 0 Å². The summed E-state index contributed by atoms with van der Waals surface area (Å²) >= 11 is 0. The molecule has 0 spiro atoms. The zero-order valence-corrected chi connectivity index (χ0v) is 13.0. The molecular weight excluding hydrogens is 323 g/mol. The number of anilines is 1. The van der Waals surface area contributed by atoms with Gasteiger partial charge in [0.15, 0.2) is 0 Å². The molecule has 128 valence electrons. The van der Waals surface area contributed by atoms with E-state index in [0.717, 1.165) is 18.2 Å². The van der Waals surface area contributed by atoms with E-state index >= 15 is 0 Å². The van der Waals surface area contributed by atoms with Gasteiger partial charge >= 0.3 is 6.18 Å². The van der Waals surface area contributed by atoms with Crippen LogP contribution < -0.4 is 5.32 Å². The van der Waals surface area contributed by atoms with Crippen molar-refractivity contribution in [2.24, 2.45) is 0 Å². The molecule has 1 unspecified atom stereocenters. The molecule has 0 saturated carbocycles. The van der Waals surface area contributed by atoms with E-state index < -0.39 is 11.9 Å². The Morgan fingerprint density at radius 3 is 2.79 bits per heavy atom. The second-order valence-corrected chi connectivity index (χ2v) is 5.55. The van der Waals surface area contributed by atoms with E-state index in [-0.39, 0.29) is 24.0 Å². The molecule has 0 aliphatic carbocycles. The van der Waals surface area contributed by atoms with Crippen LogP contribution in [0.25, 0.3) is 0 Å². The van der Waals surface area contributed by atoms with Gasteiger partial charge in [-0.05, 0) is 19.4 Å². The van der Waals surface area contributed by atoms with Crippen LogP contribution in [0, 0.1) is 6.92 Å². The van der Waals surface area contributed by atoms with Crippen LogP contribution in [0.4, 0.5) is 19.0 Å². The second kappa shape index (κ2) is 6.68. The molecule has 1 atom stereocenters. The standard InChI is InChI=1S/C15H16F3N5O/c1-9-4-12(15(16,17)18)23-14(22-9)6-19-13-5-11(20-8-21-13)10-2-3-24-7-10/h4-5,8,10H,2-3,6-7H2,1H3,(H,19,20,21). The van der Waals surface area contributed by atoms with Crippen molar-refractivity contribution in [3.8, 4) is 0 Å². The van der Waals surface area contributed by atoms with Gasteiger partial charge in [-0.1, -0.05) is 0 Å². The van der Waals surface area contributed by atoms with Gasteiger partial charge in [0.2, 0.25) is 0 Å². The number of hydrogen-bond acceptors (Lipinski definition) is 6. The Hall–Kier alpha value is -2.29. The Labute approximate surface area is 136 Å². The third-order valence-electron chi connectivity index (χ3n) is 3.65. The van der Waals surface area contributed by atoms with Crippen molar-refractivity contribution in [1.29, 1.82) is 0 Å². The SMILES string of the molecule is Cc1cc(C(F)(F)F)nc(CNc2cc(C3CCOC3)ncn2)n1. The fourth-order valence-electron chi connectivity index (χ4n) is 2.48. The zero-order valence-electron chi connectivity index (χ0n) is 13.0. The predicted molar refractivity (Wildman–Crippen MR) is 79.3 cm³/mol. The van der Waals surface area contributed by atoms with Gasteiger partial charge in [-0.25, -0.2) is 19.9 Å². The highest BCUT2D eigenvalue weighted by atomic mass is 19.4. The molecule has 2 aromatic heterocycles. The number of rotatable bonds is 4. The quantitative estimate of drug-likeness (QED) is 0.923. The van der Waals surface area contributed by atoms with Crippen LogP contribution in [0.3, 0.4) is 0 Å². The molecule has 0 aromatic carbocycles. The minimum Gasteiger partial charge on any atom is -0.381 e. The molecular formula is C15H16F3N5O. The van der Waals surface area contributed by atoms with E-state index in [1.807, 2.05) is 0 Å². The molecule has 0 radical (unpaired) electrons. The molecule has 2 aromatic rings. The minimum absolute atomic E-state index is 0.0440. The average molecular weight is 339 g/mol. The van der Waals surface area contributed by atoms with Crippen LogP contribution >= 0.6 is 0 Å². The molecule has 1 fully saturated rings. The van der Waals surface area contributed by atoms with E-state index in [2.05, 4.69) is 25.3 Å². The molecule has 1 aliphatic rings. The Morgan fingerprint density at radius 2 is 2.08 bits per heavy atom. The van der Waals surface area contributed by atoms with Crippen LogP contribution in [-0.4, -0.2) is 33.1 Å². The Balaban J connectivity index is 1.72. The largest absolute Gasteiger partial charge is 0.433 e. The summed E-state index contributed by atoms with van der Waals surface area (Å²) in [5, 5.41) is 2.95. The van der Waals surface area contributed by atoms with Gasteiger partial charge in [-0.2, -0.15) is 13.2 Å². The summed E-state index contributed by atoms with van der Waals surface area (Å²) in [5.74, 6) is 0.804. The van der Waals surface area contributed by atoms with Gasteiger partial charge in [0.25, 0.3) is 0 Å².